The first kappa shape index (κ1) is 18.2. The Kier molecular flexibility index (Phi) is 4.58. The molecule has 1 atom stereocenters. The molecule has 134 valence electrons. The highest BCUT2D eigenvalue weighted by Gasteiger charge is 2.59. The highest BCUT2D eigenvalue weighted by molar-refractivity contribution is 6.34. The summed E-state index contributed by atoms with van der Waals surface area (Å²) in [5.41, 5.74) is 6.09. The maximum atomic E-state index is 14.1. The summed E-state index contributed by atoms with van der Waals surface area (Å²) in [7, 11) is 0. The molecule has 0 bridgehead atoms. The van der Waals surface area contributed by atoms with Gasteiger partial charge in [0.25, 0.3) is 0 Å². The molecular formula is C18H17Cl2F3N2. The van der Waals surface area contributed by atoms with Crippen LogP contribution in [0.3, 0.4) is 0 Å². The van der Waals surface area contributed by atoms with Crippen molar-refractivity contribution in [3.8, 4) is 0 Å². The van der Waals surface area contributed by atoms with Gasteiger partial charge in [0.1, 0.15) is 5.41 Å². The van der Waals surface area contributed by atoms with Gasteiger partial charge >= 0.3 is 6.18 Å². The van der Waals surface area contributed by atoms with Crippen molar-refractivity contribution in [1.29, 1.82) is 0 Å². The molecule has 0 aromatic heterocycles. The lowest BCUT2D eigenvalue weighted by Crippen LogP contribution is -2.44. The average Bonchev–Trinajstić information content (AvgIpc) is 2.95. The SMILES string of the molecule is Cc1cc(N2CCC(c3cc(Cl)cc(Cl)c3)(C(F)(F)F)C2)ccc1N. The van der Waals surface area contributed by atoms with Gasteiger partial charge in [-0.1, -0.05) is 23.2 Å². The lowest BCUT2D eigenvalue weighted by Gasteiger charge is -2.33. The van der Waals surface area contributed by atoms with Crippen LogP contribution in [0.5, 0.6) is 0 Å². The fourth-order valence-electron chi connectivity index (χ4n) is 3.35. The largest absolute Gasteiger partial charge is 0.400 e. The Hall–Kier alpha value is -1.59. The molecule has 1 aliphatic rings. The van der Waals surface area contributed by atoms with Crippen molar-refractivity contribution in [2.45, 2.75) is 24.9 Å². The van der Waals surface area contributed by atoms with E-state index in [0.717, 1.165) is 11.3 Å². The van der Waals surface area contributed by atoms with Crippen LogP contribution in [0.25, 0.3) is 0 Å². The molecule has 0 saturated carbocycles. The molecule has 1 fully saturated rings. The minimum atomic E-state index is -4.42. The number of nitrogens with zero attached hydrogens (tertiary/aromatic N) is 1. The van der Waals surface area contributed by atoms with Crippen LogP contribution in [-0.4, -0.2) is 19.3 Å². The molecule has 0 spiro atoms. The van der Waals surface area contributed by atoms with Gasteiger partial charge in [-0.05, 0) is 60.9 Å². The van der Waals surface area contributed by atoms with E-state index >= 15 is 0 Å². The summed E-state index contributed by atoms with van der Waals surface area (Å²) in [5.74, 6) is 0. The van der Waals surface area contributed by atoms with Crippen molar-refractivity contribution in [2.24, 2.45) is 0 Å². The molecule has 7 heteroatoms. The molecule has 2 aromatic rings. The van der Waals surface area contributed by atoms with Crippen molar-refractivity contribution in [2.75, 3.05) is 23.7 Å². The Morgan fingerprint density at radius 3 is 2.28 bits per heavy atom. The number of nitrogens with two attached hydrogens (primary N) is 1. The average molecular weight is 389 g/mol. The van der Waals surface area contributed by atoms with E-state index < -0.39 is 11.6 Å². The summed E-state index contributed by atoms with van der Waals surface area (Å²) >= 11 is 11.9. The zero-order valence-corrected chi connectivity index (χ0v) is 15.0. The Morgan fingerprint density at radius 2 is 1.72 bits per heavy atom. The predicted octanol–water partition coefficient (Wildman–Crippen LogP) is 5.59. The van der Waals surface area contributed by atoms with Gasteiger partial charge in [0.05, 0.1) is 0 Å². The molecule has 1 aliphatic heterocycles. The van der Waals surface area contributed by atoms with E-state index in [1.807, 2.05) is 13.0 Å². The molecule has 3 rings (SSSR count). The third kappa shape index (κ3) is 3.27. The zero-order valence-electron chi connectivity index (χ0n) is 13.5. The minimum Gasteiger partial charge on any atom is -0.399 e. The fraction of sp³-hybridized carbons (Fsp3) is 0.333. The standard InChI is InChI=1S/C18H17Cl2F3N2/c1-11-6-15(2-3-16(11)24)25-5-4-17(10-25,18(21,22)23)12-7-13(19)9-14(20)8-12/h2-3,6-9H,4-5,10,24H2,1H3. The van der Waals surface area contributed by atoms with Gasteiger partial charge in [-0.3, -0.25) is 0 Å². The highest BCUT2D eigenvalue weighted by atomic mass is 35.5. The van der Waals surface area contributed by atoms with E-state index in [1.54, 1.807) is 17.0 Å². The van der Waals surface area contributed by atoms with E-state index in [2.05, 4.69) is 0 Å². The van der Waals surface area contributed by atoms with Crippen molar-refractivity contribution in [3.63, 3.8) is 0 Å². The van der Waals surface area contributed by atoms with E-state index in [1.165, 1.54) is 18.2 Å². The summed E-state index contributed by atoms with van der Waals surface area (Å²) in [6.45, 7) is 1.94. The Bertz CT molecular complexity index is 787. The Labute approximate surface area is 154 Å². The lowest BCUT2D eigenvalue weighted by molar-refractivity contribution is -0.184. The van der Waals surface area contributed by atoms with Gasteiger partial charge in [0.2, 0.25) is 0 Å². The number of halogens is 5. The van der Waals surface area contributed by atoms with E-state index in [9.17, 15) is 13.2 Å². The summed E-state index contributed by atoms with van der Waals surface area (Å²) < 4.78 is 42.2. The first-order valence-corrected chi connectivity index (χ1v) is 8.52. The van der Waals surface area contributed by atoms with Crippen LogP contribution < -0.4 is 10.6 Å². The van der Waals surface area contributed by atoms with Gasteiger partial charge in [0.15, 0.2) is 0 Å². The van der Waals surface area contributed by atoms with Crippen molar-refractivity contribution in [3.05, 3.63) is 57.6 Å². The summed E-state index contributed by atoms with van der Waals surface area (Å²) in [6, 6.07) is 9.44. The number of hydrogen-bond acceptors (Lipinski definition) is 2. The molecular weight excluding hydrogens is 372 g/mol. The molecule has 2 aromatic carbocycles. The summed E-state index contributed by atoms with van der Waals surface area (Å²) in [5, 5.41) is 0.404. The number of alkyl halides is 3. The molecule has 1 heterocycles. The van der Waals surface area contributed by atoms with Crippen LogP contribution in [0.1, 0.15) is 17.5 Å². The van der Waals surface area contributed by atoms with E-state index in [0.29, 0.717) is 5.69 Å². The minimum absolute atomic E-state index is 0.0589. The van der Waals surface area contributed by atoms with Crippen LogP contribution in [-0.2, 0) is 5.41 Å². The normalized spacial score (nSPS) is 21.0. The van der Waals surface area contributed by atoms with Crippen molar-refractivity contribution < 1.29 is 13.2 Å². The fourth-order valence-corrected chi connectivity index (χ4v) is 3.87. The predicted molar refractivity (Wildman–Crippen MR) is 96.6 cm³/mol. The Morgan fingerprint density at radius 1 is 1.08 bits per heavy atom. The van der Waals surface area contributed by atoms with Gasteiger partial charge in [-0.25, -0.2) is 0 Å². The van der Waals surface area contributed by atoms with E-state index in [-0.39, 0.29) is 35.1 Å². The van der Waals surface area contributed by atoms with Crippen LogP contribution in [0.15, 0.2) is 36.4 Å². The number of aryl methyl sites for hydroxylation is 1. The first-order chi connectivity index (χ1) is 11.6. The third-order valence-electron chi connectivity index (χ3n) is 4.85. The van der Waals surface area contributed by atoms with Crippen LogP contribution in [0.4, 0.5) is 24.5 Å². The maximum Gasteiger partial charge on any atom is 0.400 e. The monoisotopic (exact) mass is 388 g/mol. The number of benzene rings is 2. The second-order valence-electron chi connectivity index (χ2n) is 6.45. The van der Waals surface area contributed by atoms with Crippen LogP contribution >= 0.6 is 23.2 Å². The van der Waals surface area contributed by atoms with Gasteiger partial charge in [-0.15, -0.1) is 0 Å². The molecule has 25 heavy (non-hydrogen) atoms. The highest BCUT2D eigenvalue weighted by Crippen LogP contribution is 2.49. The molecule has 2 N–H and O–H groups in total. The third-order valence-corrected chi connectivity index (χ3v) is 5.28. The Balaban J connectivity index is 2.03. The van der Waals surface area contributed by atoms with Gasteiger partial charge in [0, 0.05) is 34.5 Å². The first-order valence-electron chi connectivity index (χ1n) is 7.77. The molecule has 0 amide bonds. The van der Waals surface area contributed by atoms with E-state index in [4.69, 9.17) is 28.9 Å². The van der Waals surface area contributed by atoms with Crippen LogP contribution in [0, 0.1) is 6.92 Å². The summed E-state index contributed by atoms with van der Waals surface area (Å²) in [4.78, 5) is 1.73. The zero-order chi connectivity index (χ0) is 18.4. The molecule has 2 nitrogen and oxygen atoms in total. The number of anilines is 2. The van der Waals surface area contributed by atoms with Gasteiger partial charge < -0.3 is 10.6 Å². The molecule has 1 unspecified atom stereocenters. The summed E-state index contributed by atoms with van der Waals surface area (Å²) in [6.07, 6.45) is -4.48. The van der Waals surface area contributed by atoms with Crippen molar-refractivity contribution >= 4 is 34.6 Å². The lowest BCUT2D eigenvalue weighted by atomic mass is 9.79. The molecule has 0 radical (unpaired) electrons. The number of hydrogen-bond donors (Lipinski definition) is 1. The van der Waals surface area contributed by atoms with Crippen molar-refractivity contribution in [1.82, 2.24) is 0 Å². The quantitative estimate of drug-likeness (QED) is 0.678. The molecule has 1 saturated heterocycles. The second-order valence-corrected chi connectivity index (χ2v) is 7.32. The smallest absolute Gasteiger partial charge is 0.399 e. The topological polar surface area (TPSA) is 29.3 Å². The number of nitrogen functional groups attached to an aromatic ring is 1. The van der Waals surface area contributed by atoms with Crippen LogP contribution in [0.2, 0.25) is 10.0 Å². The molecule has 0 aliphatic carbocycles. The second kappa shape index (κ2) is 6.29. The maximum absolute atomic E-state index is 14.1. The van der Waals surface area contributed by atoms with Gasteiger partial charge in [-0.2, -0.15) is 13.2 Å². The number of rotatable bonds is 2.